The number of aromatic nitrogens is 2. The second kappa shape index (κ2) is 6.63. The predicted octanol–water partition coefficient (Wildman–Crippen LogP) is 2.42. The van der Waals surface area contributed by atoms with Crippen LogP contribution in [-0.4, -0.2) is 34.1 Å². The van der Waals surface area contributed by atoms with Crippen molar-refractivity contribution in [1.82, 2.24) is 19.8 Å². The lowest BCUT2D eigenvalue weighted by molar-refractivity contribution is 0.260. The van der Waals surface area contributed by atoms with Crippen molar-refractivity contribution >= 4 is 0 Å². The van der Waals surface area contributed by atoms with Crippen molar-refractivity contribution in [3.63, 3.8) is 0 Å². The van der Waals surface area contributed by atoms with Gasteiger partial charge in [-0.25, -0.2) is 4.98 Å². The van der Waals surface area contributed by atoms with Gasteiger partial charge >= 0.3 is 0 Å². The van der Waals surface area contributed by atoms with E-state index in [0.717, 1.165) is 32.0 Å². The van der Waals surface area contributed by atoms with Gasteiger partial charge in [0.25, 0.3) is 0 Å². The molecule has 1 saturated heterocycles. The molecule has 0 bridgehead atoms. The van der Waals surface area contributed by atoms with Gasteiger partial charge in [-0.2, -0.15) is 0 Å². The second-order valence-electron chi connectivity index (χ2n) is 6.81. The van der Waals surface area contributed by atoms with Crippen LogP contribution in [0, 0.1) is 5.41 Å². The summed E-state index contributed by atoms with van der Waals surface area (Å²) in [5.74, 6) is 1.10. The molecule has 1 aliphatic heterocycles. The van der Waals surface area contributed by atoms with Crippen LogP contribution < -0.4 is 5.32 Å². The average Bonchev–Trinajstić information content (AvgIpc) is 3.07. The first-order chi connectivity index (χ1) is 10.6. The Hall–Kier alpha value is -1.65. The zero-order chi connectivity index (χ0) is 15.4. The van der Waals surface area contributed by atoms with Gasteiger partial charge in [-0.1, -0.05) is 37.3 Å². The zero-order valence-electron chi connectivity index (χ0n) is 13.6. The summed E-state index contributed by atoms with van der Waals surface area (Å²) in [6.07, 6.45) is 5.11. The summed E-state index contributed by atoms with van der Waals surface area (Å²) in [6.45, 7) is 7.70. The largest absolute Gasteiger partial charge is 0.337 e. The Labute approximate surface area is 133 Å². The maximum atomic E-state index is 4.36. The molecule has 1 aliphatic rings. The molecule has 2 aromatic rings. The number of nitrogens with one attached hydrogen (secondary N) is 1. The smallest absolute Gasteiger partial charge is 0.122 e. The monoisotopic (exact) mass is 298 g/mol. The molecule has 1 aromatic heterocycles. The molecule has 0 amide bonds. The minimum Gasteiger partial charge on any atom is -0.337 e. The number of imidazole rings is 1. The molecule has 1 unspecified atom stereocenters. The number of likely N-dealkylation sites (tertiary alicyclic amines) is 1. The zero-order valence-corrected chi connectivity index (χ0v) is 13.6. The molecule has 118 valence electrons. The van der Waals surface area contributed by atoms with Gasteiger partial charge in [-0.3, -0.25) is 4.90 Å². The first-order valence-electron chi connectivity index (χ1n) is 8.08. The minimum atomic E-state index is 0.361. The maximum Gasteiger partial charge on any atom is 0.122 e. The first kappa shape index (κ1) is 15.3. The van der Waals surface area contributed by atoms with E-state index in [9.17, 15) is 0 Å². The average molecular weight is 298 g/mol. The first-order valence-corrected chi connectivity index (χ1v) is 8.08. The van der Waals surface area contributed by atoms with Crippen molar-refractivity contribution < 1.29 is 0 Å². The van der Waals surface area contributed by atoms with Gasteiger partial charge in [0.05, 0.1) is 6.54 Å². The van der Waals surface area contributed by atoms with Crippen molar-refractivity contribution in [3.05, 3.63) is 54.1 Å². The summed E-state index contributed by atoms with van der Waals surface area (Å²) in [5, 5.41) is 3.59. The molecule has 0 aliphatic carbocycles. The molecule has 0 spiro atoms. The number of nitrogens with zero attached hydrogens (tertiary/aromatic N) is 3. The lowest BCUT2D eigenvalue weighted by Gasteiger charge is -2.25. The third-order valence-electron chi connectivity index (χ3n) is 4.64. The van der Waals surface area contributed by atoms with Crippen LogP contribution in [0.15, 0.2) is 42.7 Å². The van der Waals surface area contributed by atoms with Crippen LogP contribution in [0.5, 0.6) is 0 Å². The van der Waals surface area contributed by atoms with Crippen molar-refractivity contribution in [2.45, 2.75) is 26.4 Å². The van der Waals surface area contributed by atoms with Gasteiger partial charge in [-0.15, -0.1) is 0 Å². The third-order valence-corrected chi connectivity index (χ3v) is 4.64. The summed E-state index contributed by atoms with van der Waals surface area (Å²) < 4.78 is 2.08. The molecule has 3 rings (SSSR count). The quantitative estimate of drug-likeness (QED) is 0.889. The van der Waals surface area contributed by atoms with E-state index in [-0.39, 0.29) is 0 Å². The van der Waals surface area contributed by atoms with Crippen molar-refractivity contribution in [2.75, 3.05) is 19.6 Å². The Morgan fingerprint density at radius 3 is 2.82 bits per heavy atom. The van der Waals surface area contributed by atoms with Gasteiger partial charge in [-0.05, 0) is 23.9 Å². The topological polar surface area (TPSA) is 33.1 Å². The standard InChI is InChI=1S/C18H26N4/c1-18(14-19-12-17-20-9-11-21(17)2)8-10-22(15-18)13-16-6-4-3-5-7-16/h3-7,9,11,19H,8,10,12-15H2,1-2H3. The predicted molar refractivity (Wildman–Crippen MR) is 89.4 cm³/mol. The van der Waals surface area contributed by atoms with Gasteiger partial charge in [0, 0.05) is 39.1 Å². The fourth-order valence-corrected chi connectivity index (χ4v) is 3.29. The van der Waals surface area contributed by atoms with Gasteiger partial charge < -0.3 is 9.88 Å². The Kier molecular flexibility index (Phi) is 4.60. The fraction of sp³-hybridized carbons (Fsp3) is 0.500. The third kappa shape index (κ3) is 3.76. The van der Waals surface area contributed by atoms with Crippen molar-refractivity contribution in [2.24, 2.45) is 12.5 Å². The molecule has 0 radical (unpaired) electrons. The molecular formula is C18H26N4. The van der Waals surface area contributed by atoms with E-state index < -0.39 is 0 Å². The summed E-state index contributed by atoms with van der Waals surface area (Å²) >= 11 is 0. The van der Waals surface area contributed by atoms with Crippen molar-refractivity contribution in [3.8, 4) is 0 Å². The molecule has 22 heavy (non-hydrogen) atoms. The Morgan fingerprint density at radius 2 is 2.09 bits per heavy atom. The fourth-order valence-electron chi connectivity index (χ4n) is 3.29. The summed E-state index contributed by atoms with van der Waals surface area (Å²) in [5.41, 5.74) is 1.77. The Morgan fingerprint density at radius 1 is 1.27 bits per heavy atom. The second-order valence-corrected chi connectivity index (χ2v) is 6.81. The molecule has 4 nitrogen and oxygen atoms in total. The highest BCUT2D eigenvalue weighted by Crippen LogP contribution is 2.30. The molecule has 1 atom stereocenters. The highest BCUT2D eigenvalue weighted by atomic mass is 15.2. The molecule has 1 fully saturated rings. The highest BCUT2D eigenvalue weighted by Gasteiger charge is 2.33. The summed E-state index contributed by atoms with van der Waals surface area (Å²) in [4.78, 5) is 6.93. The number of aryl methyl sites for hydroxylation is 1. The Bertz CT molecular complexity index is 592. The lowest BCUT2D eigenvalue weighted by Crippen LogP contribution is -2.34. The van der Waals surface area contributed by atoms with Crippen LogP contribution in [0.3, 0.4) is 0 Å². The van der Waals surface area contributed by atoms with E-state index in [1.54, 1.807) is 0 Å². The van der Waals surface area contributed by atoms with Crippen molar-refractivity contribution in [1.29, 1.82) is 0 Å². The normalized spacial score (nSPS) is 22.3. The van der Waals surface area contributed by atoms with E-state index in [2.05, 4.69) is 57.0 Å². The van der Waals surface area contributed by atoms with Crippen LogP contribution in [0.1, 0.15) is 24.7 Å². The summed E-state index contributed by atoms with van der Waals surface area (Å²) in [7, 11) is 2.04. The van der Waals surface area contributed by atoms with Crippen LogP contribution in [0.2, 0.25) is 0 Å². The molecule has 0 saturated carbocycles. The maximum absolute atomic E-state index is 4.36. The Balaban J connectivity index is 1.47. The number of hydrogen-bond acceptors (Lipinski definition) is 3. The SMILES string of the molecule is Cn1ccnc1CNCC1(C)CCN(Cc2ccccc2)C1. The summed E-state index contributed by atoms with van der Waals surface area (Å²) in [6, 6.07) is 10.8. The van der Waals surface area contributed by atoms with E-state index in [1.807, 2.05) is 19.4 Å². The minimum absolute atomic E-state index is 0.361. The molecule has 1 aromatic carbocycles. The van der Waals surface area contributed by atoms with Crippen LogP contribution in [0.4, 0.5) is 0 Å². The van der Waals surface area contributed by atoms with Crippen LogP contribution in [0.25, 0.3) is 0 Å². The van der Waals surface area contributed by atoms with E-state index in [0.29, 0.717) is 5.41 Å². The van der Waals surface area contributed by atoms with Gasteiger partial charge in [0.15, 0.2) is 0 Å². The molecular weight excluding hydrogens is 272 g/mol. The highest BCUT2D eigenvalue weighted by molar-refractivity contribution is 5.14. The van der Waals surface area contributed by atoms with Gasteiger partial charge in [0.2, 0.25) is 0 Å². The number of hydrogen-bond donors (Lipinski definition) is 1. The molecule has 4 heteroatoms. The molecule has 1 N–H and O–H groups in total. The lowest BCUT2D eigenvalue weighted by atomic mass is 9.90. The van der Waals surface area contributed by atoms with Crippen LogP contribution >= 0.6 is 0 Å². The van der Waals surface area contributed by atoms with E-state index in [1.165, 1.54) is 18.5 Å². The van der Waals surface area contributed by atoms with Crippen LogP contribution in [-0.2, 0) is 20.1 Å². The van der Waals surface area contributed by atoms with E-state index >= 15 is 0 Å². The molecule has 2 heterocycles. The number of benzene rings is 1. The van der Waals surface area contributed by atoms with Gasteiger partial charge in [0.1, 0.15) is 5.82 Å². The number of rotatable bonds is 6. The van der Waals surface area contributed by atoms with E-state index in [4.69, 9.17) is 0 Å².